The highest BCUT2D eigenvalue weighted by molar-refractivity contribution is 14.1. The average Bonchev–Trinajstić information content (AvgIpc) is 2.82. The lowest BCUT2D eigenvalue weighted by Crippen LogP contribution is -2.32. The number of hydrogen-bond acceptors (Lipinski definition) is 2. The number of hydrogen-bond donors (Lipinski definition) is 2. The van der Waals surface area contributed by atoms with Gasteiger partial charge in [0, 0.05) is 9.99 Å². The van der Waals surface area contributed by atoms with Gasteiger partial charge in [-0.3, -0.25) is 9.59 Å². The van der Waals surface area contributed by atoms with Crippen LogP contribution >= 0.6 is 22.6 Å². The molecule has 1 aliphatic rings. The third-order valence-corrected chi connectivity index (χ3v) is 4.61. The summed E-state index contributed by atoms with van der Waals surface area (Å²) in [5.74, 6) is -1.61. The molecule has 0 unspecified atom stereocenters. The third kappa shape index (κ3) is 3.28. The molecule has 0 saturated heterocycles. The first-order chi connectivity index (χ1) is 9.43. The molecule has 2 rings (SSSR count). The molecule has 0 heterocycles. The Bertz CT molecular complexity index is 541. The van der Waals surface area contributed by atoms with Gasteiger partial charge in [-0.1, -0.05) is 12.8 Å². The number of amides is 1. The number of carbonyl (C=O) groups is 2. The van der Waals surface area contributed by atoms with Gasteiger partial charge in [0.25, 0.3) is 0 Å². The number of rotatable bonds is 4. The van der Waals surface area contributed by atoms with Crippen molar-refractivity contribution in [3.63, 3.8) is 0 Å². The van der Waals surface area contributed by atoms with Crippen molar-refractivity contribution in [1.29, 1.82) is 0 Å². The molecular formula is C14H15FINO3. The van der Waals surface area contributed by atoms with Crippen LogP contribution < -0.4 is 5.32 Å². The van der Waals surface area contributed by atoms with E-state index in [2.05, 4.69) is 5.32 Å². The maximum absolute atomic E-state index is 13.0. The van der Waals surface area contributed by atoms with E-state index in [0.29, 0.717) is 22.1 Å². The number of benzene rings is 1. The van der Waals surface area contributed by atoms with Crippen molar-refractivity contribution in [2.75, 3.05) is 5.32 Å². The van der Waals surface area contributed by atoms with E-state index in [-0.39, 0.29) is 18.1 Å². The summed E-state index contributed by atoms with van der Waals surface area (Å²) in [5.41, 5.74) is -0.425. The number of anilines is 1. The second-order valence-electron chi connectivity index (χ2n) is 5.14. The number of carboxylic acid groups (broad SMARTS) is 1. The lowest BCUT2D eigenvalue weighted by atomic mass is 9.82. The van der Waals surface area contributed by atoms with E-state index in [9.17, 15) is 19.1 Å². The van der Waals surface area contributed by atoms with Crippen LogP contribution in [-0.2, 0) is 9.59 Å². The van der Waals surface area contributed by atoms with Crippen LogP contribution in [0.15, 0.2) is 18.2 Å². The highest BCUT2D eigenvalue weighted by Crippen LogP contribution is 2.41. The summed E-state index contributed by atoms with van der Waals surface area (Å²) in [6.45, 7) is 0. The summed E-state index contributed by atoms with van der Waals surface area (Å²) in [7, 11) is 0. The van der Waals surface area contributed by atoms with Crippen molar-refractivity contribution in [2.24, 2.45) is 5.41 Å². The Morgan fingerprint density at radius 3 is 2.55 bits per heavy atom. The van der Waals surface area contributed by atoms with Crippen LogP contribution in [0.4, 0.5) is 10.1 Å². The average molecular weight is 391 g/mol. The van der Waals surface area contributed by atoms with Gasteiger partial charge in [0.2, 0.25) is 5.91 Å². The fourth-order valence-corrected chi connectivity index (χ4v) is 3.22. The van der Waals surface area contributed by atoms with Crippen LogP contribution in [0.25, 0.3) is 0 Å². The monoisotopic (exact) mass is 391 g/mol. The van der Waals surface area contributed by atoms with Crippen molar-refractivity contribution in [2.45, 2.75) is 32.1 Å². The first-order valence-electron chi connectivity index (χ1n) is 6.41. The summed E-state index contributed by atoms with van der Waals surface area (Å²) in [5, 5.41) is 12.0. The van der Waals surface area contributed by atoms with Crippen LogP contribution in [-0.4, -0.2) is 17.0 Å². The summed E-state index contributed by atoms with van der Waals surface area (Å²) < 4.78 is 13.6. The molecule has 0 bridgehead atoms. The molecule has 108 valence electrons. The topological polar surface area (TPSA) is 66.4 Å². The zero-order valence-corrected chi connectivity index (χ0v) is 12.9. The Hall–Kier alpha value is -1.18. The van der Waals surface area contributed by atoms with Crippen molar-refractivity contribution in [1.82, 2.24) is 0 Å². The second-order valence-corrected chi connectivity index (χ2v) is 6.30. The highest BCUT2D eigenvalue weighted by atomic mass is 127. The van der Waals surface area contributed by atoms with Gasteiger partial charge in [-0.25, -0.2) is 4.39 Å². The number of halogens is 2. The van der Waals surface area contributed by atoms with Crippen molar-refractivity contribution in [3.05, 3.63) is 27.6 Å². The molecule has 2 N–H and O–H groups in total. The maximum atomic E-state index is 13.0. The Morgan fingerprint density at radius 1 is 1.35 bits per heavy atom. The molecule has 0 spiro atoms. The smallest absolute Gasteiger partial charge is 0.310 e. The Kier molecular flexibility index (Phi) is 4.62. The third-order valence-electron chi connectivity index (χ3n) is 3.72. The van der Waals surface area contributed by atoms with Gasteiger partial charge in [0.05, 0.1) is 11.1 Å². The normalized spacial score (nSPS) is 16.9. The lowest BCUT2D eigenvalue weighted by molar-refractivity contribution is -0.150. The van der Waals surface area contributed by atoms with E-state index in [1.807, 2.05) is 22.6 Å². The van der Waals surface area contributed by atoms with E-state index < -0.39 is 11.4 Å². The molecule has 1 aliphatic carbocycles. The molecule has 0 aromatic heterocycles. The quantitative estimate of drug-likeness (QED) is 0.774. The molecule has 0 atom stereocenters. The zero-order valence-electron chi connectivity index (χ0n) is 10.8. The van der Waals surface area contributed by atoms with Gasteiger partial charge >= 0.3 is 5.97 Å². The molecule has 0 aliphatic heterocycles. The number of aliphatic carboxylic acids is 1. The minimum absolute atomic E-state index is 0.0320. The number of carbonyl (C=O) groups excluding carboxylic acids is 1. The van der Waals surface area contributed by atoms with Gasteiger partial charge in [-0.15, -0.1) is 0 Å². The van der Waals surface area contributed by atoms with Crippen LogP contribution in [0.3, 0.4) is 0 Å². The van der Waals surface area contributed by atoms with Gasteiger partial charge in [0.15, 0.2) is 0 Å². The lowest BCUT2D eigenvalue weighted by Gasteiger charge is -2.23. The Balaban J connectivity index is 2.07. The largest absolute Gasteiger partial charge is 0.481 e. The molecule has 0 radical (unpaired) electrons. The van der Waals surface area contributed by atoms with E-state index >= 15 is 0 Å². The predicted octanol–water partition coefficient (Wildman–Crippen LogP) is 3.40. The van der Waals surface area contributed by atoms with E-state index in [1.54, 1.807) is 0 Å². The molecule has 20 heavy (non-hydrogen) atoms. The van der Waals surface area contributed by atoms with E-state index in [1.165, 1.54) is 18.2 Å². The zero-order chi connectivity index (χ0) is 14.8. The molecular weight excluding hydrogens is 376 g/mol. The molecule has 4 nitrogen and oxygen atoms in total. The highest BCUT2D eigenvalue weighted by Gasteiger charge is 2.42. The number of carboxylic acids is 1. The molecule has 1 amide bonds. The van der Waals surface area contributed by atoms with E-state index in [4.69, 9.17) is 0 Å². The Labute approximate surface area is 129 Å². The summed E-state index contributed by atoms with van der Waals surface area (Å²) in [6, 6.07) is 4.07. The first-order valence-corrected chi connectivity index (χ1v) is 7.49. The van der Waals surface area contributed by atoms with Crippen molar-refractivity contribution >= 4 is 40.2 Å². The minimum atomic E-state index is -0.935. The van der Waals surface area contributed by atoms with Crippen LogP contribution in [0, 0.1) is 14.8 Å². The second kappa shape index (κ2) is 6.07. The van der Waals surface area contributed by atoms with Gasteiger partial charge in [-0.05, 0) is 53.6 Å². The predicted molar refractivity (Wildman–Crippen MR) is 80.9 cm³/mol. The molecule has 1 aromatic carbocycles. The van der Waals surface area contributed by atoms with Crippen molar-refractivity contribution < 1.29 is 19.1 Å². The Morgan fingerprint density at radius 2 is 2.00 bits per heavy atom. The van der Waals surface area contributed by atoms with Crippen molar-refractivity contribution in [3.8, 4) is 0 Å². The molecule has 6 heteroatoms. The fraction of sp³-hybridized carbons (Fsp3) is 0.429. The summed E-state index contributed by atoms with van der Waals surface area (Å²) >= 11 is 1.93. The summed E-state index contributed by atoms with van der Waals surface area (Å²) in [6.07, 6.45) is 2.73. The standard InChI is InChI=1S/C14H15FINO3/c15-9-3-4-11(10(16)7-9)17-12(18)8-14(13(19)20)5-1-2-6-14/h3-4,7H,1-2,5-6,8H2,(H,17,18)(H,19,20). The van der Waals surface area contributed by atoms with Crippen LogP contribution in [0.5, 0.6) is 0 Å². The minimum Gasteiger partial charge on any atom is -0.481 e. The van der Waals surface area contributed by atoms with Gasteiger partial charge in [-0.2, -0.15) is 0 Å². The summed E-state index contributed by atoms with van der Waals surface area (Å²) in [4.78, 5) is 23.4. The van der Waals surface area contributed by atoms with Crippen LogP contribution in [0.2, 0.25) is 0 Å². The van der Waals surface area contributed by atoms with Gasteiger partial charge < -0.3 is 10.4 Å². The molecule has 1 fully saturated rings. The van der Waals surface area contributed by atoms with E-state index in [0.717, 1.165) is 12.8 Å². The SMILES string of the molecule is O=C(CC1(C(=O)O)CCCC1)Nc1ccc(F)cc1I. The molecule has 1 aromatic rings. The van der Waals surface area contributed by atoms with Gasteiger partial charge in [0.1, 0.15) is 5.82 Å². The first kappa shape index (κ1) is 15.2. The van der Waals surface area contributed by atoms with Crippen LogP contribution in [0.1, 0.15) is 32.1 Å². The maximum Gasteiger partial charge on any atom is 0.310 e. The molecule has 1 saturated carbocycles. The number of nitrogens with one attached hydrogen (secondary N) is 1. The fourth-order valence-electron chi connectivity index (χ4n) is 2.61.